The number of carbonyl (C=O) groups is 1. The maximum Gasteiger partial charge on any atom is 0.341 e. The smallest absolute Gasteiger partial charge is 0.341 e. The van der Waals surface area contributed by atoms with Crippen molar-refractivity contribution in [2.75, 3.05) is 14.2 Å². The van der Waals surface area contributed by atoms with Gasteiger partial charge in [-0.2, -0.15) is 0 Å². The topological polar surface area (TPSA) is 35.5 Å². The van der Waals surface area contributed by atoms with Crippen molar-refractivity contribution in [3.8, 4) is 29.9 Å². The molecule has 0 fully saturated rings. The van der Waals surface area contributed by atoms with Crippen LogP contribution >= 0.6 is 0 Å². The summed E-state index contributed by atoms with van der Waals surface area (Å²) in [5.41, 5.74) is 1.13. The van der Waals surface area contributed by atoms with Crippen LogP contribution in [0.5, 0.6) is 5.75 Å². The van der Waals surface area contributed by atoms with Crippen molar-refractivity contribution >= 4 is 5.97 Å². The third kappa shape index (κ3) is 3.03. The Morgan fingerprint density at radius 3 is 2.76 bits per heavy atom. The highest BCUT2D eigenvalue weighted by Crippen LogP contribution is 2.23. The quantitative estimate of drug-likeness (QED) is 0.583. The molecule has 3 nitrogen and oxygen atoms in total. The summed E-state index contributed by atoms with van der Waals surface area (Å²) in [4.78, 5) is 11.7. The molecule has 0 spiro atoms. The highest BCUT2D eigenvalue weighted by molar-refractivity contribution is 5.94. The summed E-state index contributed by atoms with van der Waals surface area (Å²) in [6, 6.07) is 5.28. The lowest BCUT2D eigenvalue weighted by Crippen LogP contribution is -2.08. The molecule has 1 aromatic rings. The van der Waals surface area contributed by atoms with Crippen LogP contribution in [0.2, 0.25) is 0 Å². The van der Waals surface area contributed by atoms with Crippen LogP contribution in [-0.2, 0) is 11.2 Å². The minimum Gasteiger partial charge on any atom is -0.496 e. The molecule has 0 bridgehead atoms. The van der Waals surface area contributed by atoms with E-state index in [4.69, 9.17) is 15.9 Å². The molecule has 0 aromatic heterocycles. The first-order valence-corrected chi connectivity index (χ1v) is 4.92. The van der Waals surface area contributed by atoms with E-state index >= 15 is 0 Å². The average molecular weight is 228 g/mol. The fourth-order valence-corrected chi connectivity index (χ4v) is 1.42. The van der Waals surface area contributed by atoms with Gasteiger partial charge >= 0.3 is 5.97 Å². The molecule has 1 rings (SSSR count). The first-order chi connectivity index (χ1) is 8.24. The monoisotopic (exact) mass is 228 g/mol. The van der Waals surface area contributed by atoms with E-state index in [-0.39, 0.29) is 0 Å². The van der Waals surface area contributed by atoms with Gasteiger partial charge in [-0.25, -0.2) is 4.79 Å². The highest BCUT2D eigenvalue weighted by atomic mass is 16.5. The number of esters is 1. The second kappa shape index (κ2) is 6.25. The number of rotatable bonds is 3. The molecule has 0 heterocycles. The summed E-state index contributed by atoms with van der Waals surface area (Å²) >= 11 is 0. The molecule has 3 heteroatoms. The lowest BCUT2D eigenvalue weighted by Gasteiger charge is -2.10. The third-order valence-electron chi connectivity index (χ3n) is 2.16. The minimum atomic E-state index is -0.444. The Hall–Kier alpha value is -2.39. The molecule has 86 valence electrons. The fraction of sp³-hybridized carbons (Fsp3) is 0.214. The standard InChI is InChI=1S/C14H12O3/c1-4-5-6-8-11-9-7-10-12(16-2)13(11)14(15)17-3/h1,7,9-10H,8H2,2-3H3. The normalized spacial score (nSPS) is 8.53. The Balaban J connectivity index is 3.20. The van der Waals surface area contributed by atoms with E-state index < -0.39 is 5.97 Å². The van der Waals surface area contributed by atoms with Crippen LogP contribution < -0.4 is 4.74 Å². The van der Waals surface area contributed by atoms with Gasteiger partial charge in [-0.15, -0.1) is 6.42 Å². The van der Waals surface area contributed by atoms with Gasteiger partial charge in [-0.1, -0.05) is 18.1 Å². The molecular weight excluding hydrogens is 216 g/mol. The Bertz CT molecular complexity index is 512. The van der Waals surface area contributed by atoms with Gasteiger partial charge in [0.25, 0.3) is 0 Å². The van der Waals surface area contributed by atoms with E-state index in [9.17, 15) is 4.79 Å². The molecule has 0 N–H and O–H groups in total. The van der Waals surface area contributed by atoms with E-state index in [1.807, 2.05) is 0 Å². The van der Waals surface area contributed by atoms with Crippen molar-refractivity contribution in [3.05, 3.63) is 29.3 Å². The third-order valence-corrected chi connectivity index (χ3v) is 2.16. The molecule has 0 atom stereocenters. The van der Waals surface area contributed by atoms with Gasteiger partial charge in [0.05, 0.1) is 14.2 Å². The summed E-state index contributed by atoms with van der Waals surface area (Å²) < 4.78 is 9.84. The number of terminal acetylenes is 1. The van der Waals surface area contributed by atoms with Crippen LogP contribution in [0.25, 0.3) is 0 Å². The summed E-state index contributed by atoms with van der Waals surface area (Å²) in [6.45, 7) is 0. The van der Waals surface area contributed by atoms with Gasteiger partial charge in [0.15, 0.2) is 0 Å². The predicted octanol–water partition coefficient (Wildman–Crippen LogP) is 1.66. The molecule has 0 amide bonds. The summed E-state index contributed by atoms with van der Waals surface area (Å²) in [5, 5.41) is 0. The molecular formula is C14H12O3. The van der Waals surface area contributed by atoms with E-state index in [2.05, 4.69) is 17.8 Å². The number of hydrogen-bond acceptors (Lipinski definition) is 3. The van der Waals surface area contributed by atoms with Crippen molar-refractivity contribution in [1.29, 1.82) is 0 Å². The van der Waals surface area contributed by atoms with Gasteiger partial charge in [0.1, 0.15) is 11.3 Å². The van der Waals surface area contributed by atoms with Gasteiger partial charge in [0.2, 0.25) is 0 Å². The Morgan fingerprint density at radius 2 is 2.18 bits per heavy atom. The van der Waals surface area contributed by atoms with Gasteiger partial charge in [-0.3, -0.25) is 0 Å². The van der Waals surface area contributed by atoms with E-state index in [1.165, 1.54) is 14.2 Å². The van der Waals surface area contributed by atoms with E-state index in [0.717, 1.165) is 5.56 Å². The zero-order chi connectivity index (χ0) is 12.7. The molecule has 0 saturated carbocycles. The van der Waals surface area contributed by atoms with Crippen molar-refractivity contribution in [2.24, 2.45) is 0 Å². The number of benzene rings is 1. The molecule has 0 radical (unpaired) electrons. The molecule has 0 aliphatic carbocycles. The number of carbonyl (C=O) groups excluding carboxylic acids is 1. The maximum atomic E-state index is 11.7. The molecule has 0 aliphatic heterocycles. The van der Waals surface area contributed by atoms with E-state index in [1.54, 1.807) is 18.2 Å². The second-order valence-corrected chi connectivity index (χ2v) is 3.11. The lowest BCUT2D eigenvalue weighted by atomic mass is 10.0. The van der Waals surface area contributed by atoms with Crippen LogP contribution in [0.1, 0.15) is 15.9 Å². The van der Waals surface area contributed by atoms with Crippen LogP contribution in [0.4, 0.5) is 0 Å². The number of hydrogen-bond donors (Lipinski definition) is 0. The zero-order valence-corrected chi connectivity index (χ0v) is 9.74. The SMILES string of the molecule is C#CC#CCc1cccc(OC)c1C(=O)OC. The maximum absolute atomic E-state index is 11.7. The van der Waals surface area contributed by atoms with Crippen molar-refractivity contribution in [3.63, 3.8) is 0 Å². The molecule has 0 aliphatic rings. The molecule has 1 aromatic carbocycles. The molecule has 0 unspecified atom stereocenters. The van der Waals surface area contributed by atoms with Crippen molar-refractivity contribution < 1.29 is 14.3 Å². The van der Waals surface area contributed by atoms with Crippen LogP contribution in [0.3, 0.4) is 0 Å². The van der Waals surface area contributed by atoms with Crippen molar-refractivity contribution in [2.45, 2.75) is 6.42 Å². The van der Waals surface area contributed by atoms with E-state index in [0.29, 0.717) is 17.7 Å². The first-order valence-electron chi connectivity index (χ1n) is 4.92. The van der Waals surface area contributed by atoms with Crippen LogP contribution in [-0.4, -0.2) is 20.2 Å². The predicted molar refractivity (Wildman–Crippen MR) is 64.6 cm³/mol. The molecule has 17 heavy (non-hydrogen) atoms. The Morgan fingerprint density at radius 1 is 1.41 bits per heavy atom. The largest absolute Gasteiger partial charge is 0.496 e. The van der Waals surface area contributed by atoms with Crippen LogP contribution in [0, 0.1) is 24.2 Å². The lowest BCUT2D eigenvalue weighted by molar-refractivity contribution is 0.0596. The van der Waals surface area contributed by atoms with Crippen LogP contribution in [0.15, 0.2) is 18.2 Å². The van der Waals surface area contributed by atoms with Gasteiger partial charge < -0.3 is 9.47 Å². The first kappa shape index (κ1) is 12.7. The zero-order valence-electron chi connectivity index (χ0n) is 9.74. The van der Waals surface area contributed by atoms with Crippen molar-refractivity contribution in [1.82, 2.24) is 0 Å². The minimum absolute atomic E-state index is 0.381. The summed E-state index contributed by atoms with van der Waals surface area (Å²) in [7, 11) is 2.82. The van der Waals surface area contributed by atoms with Gasteiger partial charge in [-0.05, 0) is 23.5 Å². The number of ether oxygens (including phenoxy) is 2. The summed E-state index contributed by atoms with van der Waals surface area (Å²) in [6.07, 6.45) is 5.41. The molecule has 0 saturated heterocycles. The Labute approximate surface area is 101 Å². The second-order valence-electron chi connectivity index (χ2n) is 3.11. The summed E-state index contributed by atoms with van der Waals surface area (Å²) in [5.74, 6) is 7.52. The fourth-order valence-electron chi connectivity index (χ4n) is 1.42. The highest BCUT2D eigenvalue weighted by Gasteiger charge is 2.16. The Kier molecular flexibility index (Phi) is 4.66. The number of methoxy groups -OCH3 is 2. The average Bonchev–Trinajstić information content (AvgIpc) is 2.37. The van der Waals surface area contributed by atoms with Gasteiger partial charge in [0, 0.05) is 6.42 Å².